The van der Waals surface area contributed by atoms with Crippen LogP contribution >= 0.6 is 22.9 Å². The fourth-order valence-corrected chi connectivity index (χ4v) is 3.91. The second kappa shape index (κ2) is 7.73. The van der Waals surface area contributed by atoms with Crippen molar-refractivity contribution >= 4 is 39.5 Å². The average Bonchev–Trinajstić information content (AvgIpc) is 3.25. The second-order valence-electron chi connectivity index (χ2n) is 6.43. The zero-order valence-corrected chi connectivity index (χ0v) is 16.6. The molecule has 0 saturated heterocycles. The largest absolute Gasteiger partial charge is 0.419 e. The molecule has 1 N–H and O–H groups in total. The molecule has 4 nitrogen and oxygen atoms in total. The number of halogens is 5. The molecular weight excluding hydrogens is 442 g/mol. The van der Waals surface area contributed by atoms with Crippen LogP contribution in [-0.4, -0.2) is 15.3 Å². The Bertz CT molecular complexity index is 1230. The van der Waals surface area contributed by atoms with E-state index in [2.05, 4.69) is 10.3 Å². The molecule has 0 bridgehead atoms. The lowest BCUT2D eigenvalue weighted by molar-refractivity contribution is -0.140. The molecule has 0 spiro atoms. The molecule has 0 radical (unpaired) electrons. The van der Waals surface area contributed by atoms with Crippen molar-refractivity contribution in [3.8, 4) is 11.3 Å². The highest BCUT2D eigenvalue weighted by Crippen LogP contribution is 2.33. The zero-order valence-electron chi connectivity index (χ0n) is 15.0. The first-order valence-corrected chi connectivity index (χ1v) is 9.84. The SMILES string of the molecule is O=C(Cc1csc2nc(-c3ccc(Cl)cc3)cn12)Nc1ccc(F)c(C(F)(F)F)c1. The van der Waals surface area contributed by atoms with Crippen molar-refractivity contribution in [2.75, 3.05) is 5.32 Å². The van der Waals surface area contributed by atoms with Gasteiger partial charge in [-0.2, -0.15) is 13.2 Å². The Kier molecular flexibility index (Phi) is 5.25. The summed E-state index contributed by atoms with van der Waals surface area (Å²) >= 11 is 7.23. The van der Waals surface area contributed by atoms with Crippen LogP contribution in [0.5, 0.6) is 0 Å². The van der Waals surface area contributed by atoms with E-state index in [0.717, 1.165) is 11.6 Å². The molecule has 0 fully saturated rings. The standard InChI is InChI=1S/C20H12ClF4N3OS/c21-12-3-1-11(2-4-12)17-9-28-14(10-30-19(28)27-17)8-18(29)26-13-5-6-16(22)15(7-13)20(23,24)25/h1-7,9-10H,8H2,(H,26,29). The number of carbonyl (C=O) groups is 1. The van der Waals surface area contributed by atoms with Crippen molar-refractivity contribution in [2.24, 2.45) is 0 Å². The highest BCUT2D eigenvalue weighted by atomic mass is 35.5. The van der Waals surface area contributed by atoms with Crippen molar-refractivity contribution in [2.45, 2.75) is 12.6 Å². The third-order valence-corrected chi connectivity index (χ3v) is 5.46. The number of imidazole rings is 1. The van der Waals surface area contributed by atoms with Crippen molar-refractivity contribution in [1.29, 1.82) is 0 Å². The van der Waals surface area contributed by atoms with Gasteiger partial charge in [0.15, 0.2) is 4.96 Å². The summed E-state index contributed by atoms with van der Waals surface area (Å²) in [4.78, 5) is 17.5. The van der Waals surface area contributed by atoms with Crippen LogP contribution in [-0.2, 0) is 17.4 Å². The fraction of sp³-hybridized carbons (Fsp3) is 0.100. The first-order chi connectivity index (χ1) is 14.2. The van der Waals surface area contributed by atoms with Crippen LogP contribution < -0.4 is 5.32 Å². The van der Waals surface area contributed by atoms with Crippen LogP contribution in [0.25, 0.3) is 16.2 Å². The van der Waals surface area contributed by atoms with E-state index in [4.69, 9.17) is 11.6 Å². The van der Waals surface area contributed by atoms with Crippen molar-refractivity contribution in [3.63, 3.8) is 0 Å². The summed E-state index contributed by atoms with van der Waals surface area (Å²) in [5.74, 6) is -1.93. The maximum absolute atomic E-state index is 13.4. The molecule has 4 aromatic rings. The molecule has 0 atom stereocenters. The van der Waals surface area contributed by atoms with E-state index < -0.39 is 23.5 Å². The molecule has 154 valence electrons. The van der Waals surface area contributed by atoms with Crippen LogP contribution in [0.1, 0.15) is 11.3 Å². The summed E-state index contributed by atoms with van der Waals surface area (Å²) in [6.07, 6.45) is -3.16. The van der Waals surface area contributed by atoms with Crippen LogP contribution in [0.15, 0.2) is 54.0 Å². The smallest absolute Gasteiger partial charge is 0.326 e. The molecular formula is C20H12ClF4N3OS. The van der Waals surface area contributed by atoms with E-state index in [1.165, 1.54) is 11.3 Å². The predicted molar refractivity (Wildman–Crippen MR) is 107 cm³/mol. The van der Waals surface area contributed by atoms with Crippen molar-refractivity contribution in [3.05, 3.63) is 76.1 Å². The van der Waals surface area contributed by atoms with Gasteiger partial charge in [-0.05, 0) is 30.3 Å². The van der Waals surface area contributed by atoms with Gasteiger partial charge in [0.2, 0.25) is 5.91 Å². The summed E-state index contributed by atoms with van der Waals surface area (Å²) in [7, 11) is 0. The number of fused-ring (bicyclic) bond motifs is 1. The number of nitrogens with one attached hydrogen (secondary N) is 1. The van der Waals surface area contributed by atoms with Gasteiger partial charge in [-0.25, -0.2) is 9.37 Å². The molecule has 2 heterocycles. The Morgan fingerprint density at radius 2 is 1.90 bits per heavy atom. The minimum Gasteiger partial charge on any atom is -0.326 e. The zero-order chi connectivity index (χ0) is 21.5. The van der Waals surface area contributed by atoms with Gasteiger partial charge in [0, 0.05) is 33.5 Å². The maximum atomic E-state index is 13.4. The minimum atomic E-state index is -4.85. The first kappa shape index (κ1) is 20.4. The van der Waals surface area contributed by atoms with Gasteiger partial charge >= 0.3 is 6.18 Å². The van der Waals surface area contributed by atoms with Crippen molar-refractivity contribution < 1.29 is 22.4 Å². The highest BCUT2D eigenvalue weighted by molar-refractivity contribution is 7.15. The summed E-state index contributed by atoms with van der Waals surface area (Å²) in [5.41, 5.74) is 0.622. The lowest BCUT2D eigenvalue weighted by Crippen LogP contribution is -2.16. The number of hydrogen-bond donors (Lipinski definition) is 1. The number of alkyl halides is 3. The summed E-state index contributed by atoms with van der Waals surface area (Å²) < 4.78 is 53.7. The van der Waals surface area contributed by atoms with Gasteiger partial charge in [-0.3, -0.25) is 9.20 Å². The molecule has 2 aromatic carbocycles. The summed E-state index contributed by atoms with van der Waals surface area (Å²) in [6, 6.07) is 9.48. The molecule has 0 aliphatic heterocycles. The number of rotatable bonds is 4. The molecule has 10 heteroatoms. The Balaban J connectivity index is 1.53. The van der Waals surface area contributed by atoms with E-state index in [1.54, 1.807) is 28.1 Å². The molecule has 0 aliphatic rings. The van der Waals surface area contributed by atoms with Crippen molar-refractivity contribution in [1.82, 2.24) is 9.38 Å². The Morgan fingerprint density at radius 3 is 2.60 bits per heavy atom. The van der Waals surface area contributed by atoms with Gasteiger partial charge in [0.25, 0.3) is 0 Å². The Morgan fingerprint density at radius 1 is 1.17 bits per heavy atom. The van der Waals surface area contributed by atoms with Crippen LogP contribution in [0.2, 0.25) is 5.02 Å². The normalized spacial score (nSPS) is 11.8. The number of aromatic nitrogens is 2. The average molecular weight is 454 g/mol. The van der Waals surface area contributed by atoms with E-state index in [0.29, 0.717) is 33.5 Å². The van der Waals surface area contributed by atoms with E-state index in [1.807, 2.05) is 12.1 Å². The van der Waals surface area contributed by atoms with Gasteiger partial charge in [0.05, 0.1) is 17.7 Å². The third kappa shape index (κ3) is 4.17. The van der Waals surface area contributed by atoms with Gasteiger partial charge in [0.1, 0.15) is 5.82 Å². The summed E-state index contributed by atoms with van der Waals surface area (Å²) in [5, 5.41) is 4.73. The number of benzene rings is 2. The van der Waals surface area contributed by atoms with Crippen LogP contribution in [0, 0.1) is 5.82 Å². The molecule has 30 heavy (non-hydrogen) atoms. The van der Waals surface area contributed by atoms with E-state index in [-0.39, 0.29) is 12.1 Å². The monoisotopic (exact) mass is 453 g/mol. The first-order valence-electron chi connectivity index (χ1n) is 8.59. The number of hydrogen-bond acceptors (Lipinski definition) is 3. The van der Waals surface area contributed by atoms with Gasteiger partial charge < -0.3 is 5.32 Å². The predicted octanol–water partition coefficient (Wildman–Crippen LogP) is 6.06. The number of carbonyl (C=O) groups excluding carboxylic acids is 1. The van der Waals surface area contributed by atoms with Crippen LogP contribution in [0.4, 0.5) is 23.2 Å². The minimum absolute atomic E-state index is 0.0881. The fourth-order valence-electron chi connectivity index (χ4n) is 2.91. The summed E-state index contributed by atoms with van der Waals surface area (Å²) in [6.45, 7) is 0. The quantitative estimate of drug-likeness (QED) is 0.382. The Labute approximate surface area is 176 Å². The molecule has 0 aliphatic carbocycles. The van der Waals surface area contributed by atoms with Crippen LogP contribution in [0.3, 0.4) is 0 Å². The maximum Gasteiger partial charge on any atom is 0.419 e. The molecule has 4 rings (SSSR count). The number of nitrogens with zero attached hydrogens (tertiary/aromatic N) is 2. The van der Waals surface area contributed by atoms with E-state index in [9.17, 15) is 22.4 Å². The second-order valence-corrected chi connectivity index (χ2v) is 7.70. The highest BCUT2D eigenvalue weighted by Gasteiger charge is 2.34. The molecule has 2 aromatic heterocycles. The van der Waals surface area contributed by atoms with Gasteiger partial charge in [-0.15, -0.1) is 11.3 Å². The lowest BCUT2D eigenvalue weighted by atomic mass is 10.1. The topological polar surface area (TPSA) is 46.4 Å². The number of anilines is 1. The molecule has 0 unspecified atom stereocenters. The Hall–Kier alpha value is -2.91. The number of thiazole rings is 1. The molecule has 0 saturated carbocycles. The lowest BCUT2D eigenvalue weighted by Gasteiger charge is -2.11. The number of amides is 1. The molecule has 1 amide bonds. The third-order valence-electron chi connectivity index (χ3n) is 4.32. The van der Waals surface area contributed by atoms with Gasteiger partial charge in [-0.1, -0.05) is 23.7 Å². The van der Waals surface area contributed by atoms with E-state index >= 15 is 0 Å².